The first-order valence-electron chi connectivity index (χ1n) is 5.78. The molecule has 0 aromatic heterocycles. The lowest BCUT2D eigenvalue weighted by molar-refractivity contribution is -0.161. The van der Waals surface area contributed by atoms with Crippen LogP contribution in [0, 0.1) is 17.5 Å². The fourth-order valence-corrected chi connectivity index (χ4v) is 1.48. The highest BCUT2D eigenvalue weighted by Gasteiger charge is 2.41. The monoisotopic (exact) mass is 315 g/mol. The summed E-state index contributed by atoms with van der Waals surface area (Å²) in [5.41, 5.74) is -0.641. The SMILES string of the molecule is CCOC(=O)CC(Nc1cc(F)c(F)c(F)c1)C(F)(F)F. The fraction of sp³-hybridized carbons (Fsp3) is 0.417. The number of carbonyl (C=O) groups excluding carboxylic acids is 1. The van der Waals surface area contributed by atoms with Crippen LogP contribution < -0.4 is 5.32 Å². The average molecular weight is 315 g/mol. The van der Waals surface area contributed by atoms with Crippen molar-refractivity contribution in [1.82, 2.24) is 0 Å². The second-order valence-corrected chi connectivity index (χ2v) is 4.00. The lowest BCUT2D eigenvalue weighted by atomic mass is 10.1. The molecule has 1 unspecified atom stereocenters. The Morgan fingerprint density at radius 3 is 2.19 bits per heavy atom. The van der Waals surface area contributed by atoms with Crippen LogP contribution in [0.5, 0.6) is 0 Å². The topological polar surface area (TPSA) is 38.3 Å². The first-order chi connectivity index (χ1) is 9.65. The Morgan fingerprint density at radius 2 is 1.76 bits per heavy atom. The lowest BCUT2D eigenvalue weighted by Gasteiger charge is -2.22. The molecule has 21 heavy (non-hydrogen) atoms. The molecular formula is C12H11F6NO2. The highest BCUT2D eigenvalue weighted by atomic mass is 19.4. The highest BCUT2D eigenvalue weighted by molar-refractivity contribution is 5.71. The normalized spacial score (nSPS) is 12.9. The van der Waals surface area contributed by atoms with Crippen molar-refractivity contribution in [3.05, 3.63) is 29.6 Å². The van der Waals surface area contributed by atoms with E-state index in [0.717, 1.165) is 0 Å². The minimum absolute atomic E-state index is 0.108. The number of hydrogen-bond acceptors (Lipinski definition) is 3. The van der Waals surface area contributed by atoms with Gasteiger partial charge in [0.05, 0.1) is 13.0 Å². The molecule has 0 saturated heterocycles. The molecule has 0 radical (unpaired) electrons. The van der Waals surface area contributed by atoms with Crippen LogP contribution in [-0.2, 0) is 9.53 Å². The van der Waals surface area contributed by atoms with Crippen LogP contribution in [0.1, 0.15) is 13.3 Å². The van der Waals surface area contributed by atoms with Crippen LogP contribution in [0.25, 0.3) is 0 Å². The number of alkyl halides is 3. The summed E-state index contributed by atoms with van der Waals surface area (Å²) < 4.78 is 81.3. The van der Waals surface area contributed by atoms with Crippen LogP contribution in [0.15, 0.2) is 12.1 Å². The molecule has 3 nitrogen and oxygen atoms in total. The Kier molecular flexibility index (Phi) is 5.45. The maximum Gasteiger partial charge on any atom is 0.409 e. The van der Waals surface area contributed by atoms with Crippen LogP contribution in [-0.4, -0.2) is 24.8 Å². The zero-order valence-electron chi connectivity index (χ0n) is 10.7. The standard InChI is InChI=1S/C12H11F6NO2/c1-2-21-10(20)5-9(12(16,17)18)19-6-3-7(13)11(15)8(14)4-6/h3-4,9,19H,2,5H2,1H3. The van der Waals surface area contributed by atoms with E-state index in [4.69, 9.17) is 0 Å². The molecule has 1 rings (SSSR count). The molecule has 1 aromatic rings. The summed E-state index contributed by atoms with van der Waals surface area (Å²) in [6, 6.07) is -1.69. The van der Waals surface area contributed by atoms with Crippen molar-refractivity contribution in [2.24, 2.45) is 0 Å². The van der Waals surface area contributed by atoms with Crippen molar-refractivity contribution in [1.29, 1.82) is 0 Å². The highest BCUT2D eigenvalue weighted by Crippen LogP contribution is 2.27. The Balaban J connectivity index is 2.94. The summed E-state index contributed by atoms with van der Waals surface area (Å²) in [5.74, 6) is -6.21. The largest absolute Gasteiger partial charge is 0.466 e. The van der Waals surface area contributed by atoms with Crippen molar-refractivity contribution in [2.45, 2.75) is 25.6 Å². The quantitative estimate of drug-likeness (QED) is 0.514. The molecule has 0 saturated carbocycles. The molecular weight excluding hydrogens is 304 g/mol. The molecule has 0 aliphatic rings. The molecule has 0 fully saturated rings. The number of rotatable bonds is 5. The zero-order chi connectivity index (χ0) is 16.2. The number of ether oxygens (including phenoxy) is 1. The van der Waals surface area contributed by atoms with E-state index < -0.39 is 47.7 Å². The van der Waals surface area contributed by atoms with Gasteiger partial charge in [0, 0.05) is 17.8 Å². The van der Waals surface area contributed by atoms with Gasteiger partial charge in [0.2, 0.25) is 0 Å². The van der Waals surface area contributed by atoms with E-state index in [0.29, 0.717) is 12.1 Å². The molecule has 0 spiro atoms. The Hall–Kier alpha value is -1.93. The maximum absolute atomic E-state index is 12.9. The number of halogens is 6. The smallest absolute Gasteiger partial charge is 0.409 e. The first-order valence-corrected chi connectivity index (χ1v) is 5.78. The van der Waals surface area contributed by atoms with Gasteiger partial charge >= 0.3 is 12.1 Å². The van der Waals surface area contributed by atoms with Crippen LogP contribution in [0.4, 0.5) is 32.0 Å². The molecule has 1 N–H and O–H groups in total. The summed E-state index contributed by atoms with van der Waals surface area (Å²) >= 11 is 0. The number of anilines is 1. The molecule has 0 amide bonds. The summed E-state index contributed by atoms with van der Waals surface area (Å²) in [6.07, 6.45) is -5.95. The van der Waals surface area contributed by atoms with Gasteiger partial charge in [-0.15, -0.1) is 0 Å². The van der Waals surface area contributed by atoms with Gasteiger partial charge in [0.25, 0.3) is 0 Å². The molecule has 0 aliphatic carbocycles. The Labute approximate surface area is 115 Å². The predicted octanol–water partition coefficient (Wildman–Crippen LogP) is 3.40. The molecule has 0 aliphatic heterocycles. The molecule has 9 heteroatoms. The van der Waals surface area contributed by atoms with Gasteiger partial charge in [-0.25, -0.2) is 13.2 Å². The van der Waals surface area contributed by atoms with Crippen molar-refractivity contribution in [3.63, 3.8) is 0 Å². The van der Waals surface area contributed by atoms with E-state index in [-0.39, 0.29) is 6.61 Å². The number of benzene rings is 1. The van der Waals surface area contributed by atoms with Crippen molar-refractivity contribution in [3.8, 4) is 0 Å². The summed E-state index contributed by atoms with van der Waals surface area (Å²) in [5, 5.41) is 1.74. The van der Waals surface area contributed by atoms with E-state index >= 15 is 0 Å². The van der Waals surface area contributed by atoms with Gasteiger partial charge in [-0.1, -0.05) is 0 Å². The number of hydrogen-bond donors (Lipinski definition) is 1. The third-order valence-electron chi connectivity index (χ3n) is 2.40. The van der Waals surface area contributed by atoms with E-state index in [1.54, 1.807) is 5.32 Å². The Bertz CT molecular complexity index is 494. The number of nitrogens with one attached hydrogen (secondary N) is 1. The van der Waals surface area contributed by atoms with Crippen LogP contribution in [0.3, 0.4) is 0 Å². The van der Waals surface area contributed by atoms with Gasteiger partial charge < -0.3 is 10.1 Å². The second-order valence-electron chi connectivity index (χ2n) is 4.00. The van der Waals surface area contributed by atoms with Crippen molar-refractivity contribution >= 4 is 11.7 Å². The fourth-order valence-electron chi connectivity index (χ4n) is 1.48. The molecule has 118 valence electrons. The molecule has 1 atom stereocenters. The maximum atomic E-state index is 12.9. The van der Waals surface area contributed by atoms with E-state index in [2.05, 4.69) is 4.74 Å². The summed E-state index contributed by atoms with van der Waals surface area (Å²) in [7, 11) is 0. The van der Waals surface area contributed by atoms with Gasteiger partial charge in [-0.3, -0.25) is 4.79 Å². The van der Waals surface area contributed by atoms with E-state index in [1.165, 1.54) is 6.92 Å². The van der Waals surface area contributed by atoms with E-state index in [1.807, 2.05) is 0 Å². The predicted molar refractivity (Wildman–Crippen MR) is 61.0 cm³/mol. The van der Waals surface area contributed by atoms with Crippen molar-refractivity contribution < 1.29 is 35.9 Å². The van der Waals surface area contributed by atoms with Gasteiger partial charge in [0.15, 0.2) is 17.5 Å². The number of esters is 1. The third kappa shape index (κ3) is 4.83. The first kappa shape index (κ1) is 17.1. The summed E-state index contributed by atoms with van der Waals surface area (Å²) in [6.45, 7) is 1.31. The lowest BCUT2D eigenvalue weighted by Crippen LogP contribution is -2.38. The third-order valence-corrected chi connectivity index (χ3v) is 2.40. The van der Waals surface area contributed by atoms with E-state index in [9.17, 15) is 31.1 Å². The summed E-state index contributed by atoms with van der Waals surface area (Å²) in [4.78, 5) is 11.1. The van der Waals surface area contributed by atoms with Gasteiger partial charge in [0.1, 0.15) is 6.04 Å². The van der Waals surface area contributed by atoms with Crippen molar-refractivity contribution in [2.75, 3.05) is 11.9 Å². The Morgan fingerprint density at radius 1 is 1.24 bits per heavy atom. The van der Waals surface area contributed by atoms with Gasteiger partial charge in [-0.05, 0) is 6.92 Å². The van der Waals surface area contributed by atoms with Crippen LogP contribution >= 0.6 is 0 Å². The van der Waals surface area contributed by atoms with Gasteiger partial charge in [-0.2, -0.15) is 13.2 Å². The zero-order valence-corrected chi connectivity index (χ0v) is 10.7. The van der Waals surface area contributed by atoms with Crippen LogP contribution in [0.2, 0.25) is 0 Å². The molecule has 1 aromatic carbocycles. The molecule has 0 heterocycles. The minimum Gasteiger partial charge on any atom is -0.466 e. The number of carbonyl (C=O) groups is 1. The minimum atomic E-state index is -4.87. The second kappa shape index (κ2) is 6.68. The molecule has 0 bridgehead atoms. The average Bonchev–Trinajstić information content (AvgIpc) is 2.34.